The van der Waals surface area contributed by atoms with Gasteiger partial charge in [0.05, 0.1) is 19.3 Å². The van der Waals surface area contributed by atoms with E-state index in [2.05, 4.69) is 25.7 Å². The molecule has 0 amide bonds. The quantitative estimate of drug-likeness (QED) is 0.349. The third kappa shape index (κ3) is 6.76. The second-order valence-electron chi connectivity index (χ2n) is 4.88. The summed E-state index contributed by atoms with van der Waals surface area (Å²) in [5, 5.41) is 9.75. The molecule has 146 valence electrons. The number of hydrogen-bond donors (Lipinski definition) is 3. The van der Waals surface area contributed by atoms with Crippen molar-refractivity contribution in [2.45, 2.75) is 25.9 Å². The predicted molar refractivity (Wildman–Crippen MR) is 95.2 cm³/mol. The van der Waals surface area contributed by atoms with Crippen molar-refractivity contribution in [3.8, 4) is 11.8 Å². The second-order valence-corrected chi connectivity index (χ2v) is 7.24. The van der Waals surface area contributed by atoms with E-state index < -0.39 is 31.3 Å². The maximum absolute atomic E-state index is 11.8. The molecule has 1 aromatic rings. The van der Waals surface area contributed by atoms with E-state index in [0.29, 0.717) is 0 Å². The van der Waals surface area contributed by atoms with E-state index in [1.54, 1.807) is 9.47 Å². The molecule has 1 heterocycles. The molecule has 1 aromatic heterocycles. The second kappa shape index (κ2) is 10.7. The number of rotatable bonds is 9. The summed E-state index contributed by atoms with van der Waals surface area (Å²) in [6.07, 6.45) is -0.786. The van der Waals surface area contributed by atoms with Gasteiger partial charge in [-0.3, -0.25) is 27.7 Å². The van der Waals surface area contributed by atoms with Crippen LogP contribution in [0.1, 0.15) is 12.5 Å². The fraction of sp³-hybridized carbons (Fsp3) is 0.538. The molecule has 4 N–H and O–H groups in total. The lowest BCUT2D eigenvalue weighted by Gasteiger charge is -2.22. The number of nitrogens with one attached hydrogen (secondary N) is 1. The van der Waals surface area contributed by atoms with E-state index in [4.69, 9.17) is 15.0 Å². The molecule has 0 saturated carbocycles. The summed E-state index contributed by atoms with van der Waals surface area (Å²) < 4.78 is 32.4. The normalized spacial score (nSPS) is 15.6. The van der Waals surface area contributed by atoms with Crippen LogP contribution in [0, 0.1) is 11.8 Å². The summed E-state index contributed by atoms with van der Waals surface area (Å²) in [6, 6.07) is 0. The van der Waals surface area contributed by atoms with Gasteiger partial charge in [-0.15, -0.1) is 0 Å². The van der Waals surface area contributed by atoms with E-state index in [9.17, 15) is 19.3 Å². The molecule has 0 aromatic carbocycles. The summed E-state index contributed by atoms with van der Waals surface area (Å²) in [4.78, 5) is 25.6. The standard InChI is InChI=1S/C13H21N3O8P2/c1-9(17)11(7-23-26(20,21-2)24-25)22-8-16-6-10(4-3-5-14)12(18)15-13(16)19/h6,9,11,17H,5,7-8,14,25H2,1-2H3,(H,15,18,19)/t9?,11-,26?/m1/s1. The molecule has 11 nitrogen and oxygen atoms in total. The Kier molecular flexibility index (Phi) is 9.36. The van der Waals surface area contributed by atoms with Crippen molar-refractivity contribution < 1.29 is 27.8 Å². The van der Waals surface area contributed by atoms with Gasteiger partial charge >= 0.3 is 13.5 Å². The van der Waals surface area contributed by atoms with Crippen LogP contribution >= 0.6 is 17.3 Å². The monoisotopic (exact) mass is 409 g/mol. The van der Waals surface area contributed by atoms with E-state index >= 15 is 0 Å². The van der Waals surface area contributed by atoms with Gasteiger partial charge in [0.15, 0.2) is 0 Å². The average molecular weight is 409 g/mol. The number of aliphatic hydroxyl groups excluding tert-OH is 1. The van der Waals surface area contributed by atoms with Gasteiger partial charge < -0.3 is 15.6 Å². The molecule has 1 rings (SSSR count). The molecule has 3 unspecified atom stereocenters. The third-order valence-corrected chi connectivity index (χ3v) is 5.00. The zero-order valence-corrected chi connectivity index (χ0v) is 16.3. The number of H-pyrrole nitrogens is 1. The van der Waals surface area contributed by atoms with Gasteiger partial charge in [0.1, 0.15) is 18.4 Å². The van der Waals surface area contributed by atoms with Crippen molar-refractivity contribution in [1.82, 2.24) is 9.55 Å². The Morgan fingerprint density at radius 2 is 2.19 bits per heavy atom. The SMILES string of the molecule is COP(=O)(OP)OC[C@@H](OCn1cc(C#CCN)c(=O)[nH]c1=O)C(C)O. The van der Waals surface area contributed by atoms with Crippen molar-refractivity contribution in [2.75, 3.05) is 20.3 Å². The lowest BCUT2D eigenvalue weighted by atomic mass is 10.2. The molecule has 0 aliphatic heterocycles. The predicted octanol–water partition coefficient (Wildman–Crippen LogP) is -0.852. The molecule has 0 fully saturated rings. The zero-order valence-electron chi connectivity index (χ0n) is 14.2. The van der Waals surface area contributed by atoms with Gasteiger partial charge in [-0.25, -0.2) is 9.36 Å². The molecule has 26 heavy (non-hydrogen) atoms. The molecule has 0 bridgehead atoms. The van der Waals surface area contributed by atoms with E-state index in [0.717, 1.165) is 11.7 Å². The number of ether oxygens (including phenoxy) is 1. The fourth-order valence-corrected chi connectivity index (χ4v) is 2.66. The van der Waals surface area contributed by atoms with Crippen LogP contribution in [0.4, 0.5) is 0 Å². The van der Waals surface area contributed by atoms with Crippen LogP contribution in [0.5, 0.6) is 0 Å². The summed E-state index contributed by atoms with van der Waals surface area (Å²) >= 11 is 0. The summed E-state index contributed by atoms with van der Waals surface area (Å²) in [7, 11) is -0.892. The van der Waals surface area contributed by atoms with Crippen molar-refractivity contribution in [2.24, 2.45) is 5.73 Å². The Morgan fingerprint density at radius 3 is 2.73 bits per heavy atom. The van der Waals surface area contributed by atoms with Crippen LogP contribution in [0.15, 0.2) is 15.8 Å². The smallest absolute Gasteiger partial charge is 0.391 e. The minimum Gasteiger partial charge on any atom is -0.391 e. The summed E-state index contributed by atoms with van der Waals surface area (Å²) in [5.74, 6) is 5.04. The Bertz CT molecular complexity index is 802. The first kappa shape index (κ1) is 22.7. The van der Waals surface area contributed by atoms with Crippen LogP contribution < -0.4 is 17.0 Å². The lowest BCUT2D eigenvalue weighted by Crippen LogP contribution is -2.36. The molecule has 0 aliphatic carbocycles. The highest BCUT2D eigenvalue weighted by atomic mass is 31.2. The molecular weight excluding hydrogens is 388 g/mol. The molecule has 4 atom stereocenters. The zero-order chi connectivity index (χ0) is 19.7. The van der Waals surface area contributed by atoms with Crippen molar-refractivity contribution in [3.05, 3.63) is 32.6 Å². The molecular formula is C13H21N3O8P2. The number of aromatic nitrogens is 2. The highest BCUT2D eigenvalue weighted by molar-refractivity contribution is 7.52. The van der Waals surface area contributed by atoms with Gasteiger partial charge in [-0.2, -0.15) is 0 Å². The first-order valence-corrected chi connectivity index (χ1v) is 9.20. The van der Waals surface area contributed by atoms with Crippen LogP contribution in [0.25, 0.3) is 0 Å². The number of nitrogens with two attached hydrogens (primary N) is 1. The highest BCUT2D eigenvalue weighted by Gasteiger charge is 2.27. The Morgan fingerprint density at radius 1 is 1.50 bits per heavy atom. The van der Waals surface area contributed by atoms with Gasteiger partial charge in [-0.05, 0) is 6.92 Å². The van der Waals surface area contributed by atoms with Crippen LogP contribution in [0.2, 0.25) is 0 Å². The molecule has 13 heteroatoms. The number of phosphoric ester groups is 1. The van der Waals surface area contributed by atoms with Crippen molar-refractivity contribution in [3.63, 3.8) is 0 Å². The first-order valence-electron chi connectivity index (χ1n) is 7.27. The minimum atomic E-state index is -3.78. The Labute approximate surface area is 151 Å². The van der Waals surface area contributed by atoms with Crippen LogP contribution in [-0.2, 0) is 29.4 Å². The number of aromatic amines is 1. The molecule has 0 saturated heterocycles. The maximum Gasteiger partial charge on any atom is 0.477 e. The van der Waals surface area contributed by atoms with E-state index in [-0.39, 0.29) is 25.4 Å². The first-order chi connectivity index (χ1) is 12.3. The lowest BCUT2D eigenvalue weighted by molar-refractivity contribution is -0.0810. The van der Waals surface area contributed by atoms with E-state index in [1.807, 2.05) is 0 Å². The maximum atomic E-state index is 11.8. The van der Waals surface area contributed by atoms with Crippen LogP contribution in [0.3, 0.4) is 0 Å². The van der Waals surface area contributed by atoms with Crippen molar-refractivity contribution in [1.29, 1.82) is 0 Å². The molecule has 0 aliphatic rings. The molecule has 0 spiro atoms. The average Bonchev–Trinajstić information content (AvgIpc) is 2.61. The van der Waals surface area contributed by atoms with Gasteiger partial charge in [0.2, 0.25) is 0 Å². The van der Waals surface area contributed by atoms with Gasteiger partial charge in [0.25, 0.3) is 5.56 Å². The number of hydrogen-bond acceptors (Lipinski definition) is 9. The Balaban J connectivity index is 2.88. The Hall–Kier alpha value is -1.34. The summed E-state index contributed by atoms with van der Waals surface area (Å²) in [6.45, 7) is 0.801. The van der Waals surface area contributed by atoms with Crippen molar-refractivity contribution >= 4 is 17.3 Å². The third-order valence-electron chi connectivity index (χ3n) is 3.05. The fourth-order valence-electron chi connectivity index (χ4n) is 1.63. The summed E-state index contributed by atoms with van der Waals surface area (Å²) in [5.41, 5.74) is 3.90. The number of aliphatic hydroxyl groups is 1. The highest BCUT2D eigenvalue weighted by Crippen LogP contribution is 2.50. The van der Waals surface area contributed by atoms with E-state index in [1.165, 1.54) is 13.1 Å². The molecule has 0 radical (unpaired) electrons. The number of phosphoric acid groups is 1. The topological polar surface area (TPSA) is 155 Å². The van der Waals surface area contributed by atoms with Gasteiger partial charge in [-0.1, -0.05) is 11.8 Å². The minimum absolute atomic E-state index is 0.0313. The number of nitrogens with zero attached hydrogens (tertiary/aromatic N) is 1. The largest absolute Gasteiger partial charge is 0.477 e. The van der Waals surface area contributed by atoms with Crippen LogP contribution in [-0.4, -0.2) is 47.1 Å². The van der Waals surface area contributed by atoms with Gasteiger partial charge in [0, 0.05) is 22.8 Å².